The van der Waals surface area contributed by atoms with Crippen molar-refractivity contribution in [2.45, 2.75) is 44.9 Å². The van der Waals surface area contributed by atoms with Gasteiger partial charge in [-0.2, -0.15) is 0 Å². The molecule has 0 bridgehead atoms. The van der Waals surface area contributed by atoms with Crippen LogP contribution in [0, 0.1) is 0 Å². The quantitative estimate of drug-likeness (QED) is 0.856. The van der Waals surface area contributed by atoms with Crippen LogP contribution in [0.1, 0.15) is 44.9 Å². The highest BCUT2D eigenvalue weighted by Gasteiger charge is 2.30. The molecule has 0 saturated carbocycles. The lowest BCUT2D eigenvalue weighted by Gasteiger charge is -2.27. The number of ether oxygens (including phenoxy) is 1. The average molecular weight is 267 g/mol. The van der Waals surface area contributed by atoms with Crippen LogP contribution in [0.5, 0.6) is 5.75 Å². The zero-order valence-corrected chi connectivity index (χ0v) is 12.3. The van der Waals surface area contributed by atoms with Crippen LogP contribution in [-0.2, 0) is 17.8 Å². The predicted octanol–water partition coefficient (Wildman–Crippen LogP) is 2.73. The number of nitrogens with one attached hydrogen (secondary N) is 1. The maximum Gasteiger partial charge on any atom is 0.136 e. The van der Waals surface area contributed by atoms with Crippen LogP contribution in [0.3, 0.4) is 0 Å². The van der Waals surface area contributed by atoms with Crippen molar-refractivity contribution < 1.29 is 9.29 Å². The van der Waals surface area contributed by atoms with Crippen molar-refractivity contribution in [1.82, 2.24) is 4.72 Å². The molecule has 1 heterocycles. The second-order valence-electron chi connectivity index (χ2n) is 5.65. The maximum absolute atomic E-state index is 12.1. The van der Waals surface area contributed by atoms with Gasteiger partial charge >= 0.3 is 0 Å². The molecule has 1 aromatic carbocycles. The molecule has 1 aromatic rings. The monoisotopic (exact) mass is 267 g/mol. The van der Waals surface area contributed by atoms with Gasteiger partial charge in [0.05, 0.1) is 12.6 Å². The van der Waals surface area contributed by atoms with E-state index in [4.69, 9.17) is 4.74 Å². The number of para-hydroxylation sites is 1. The molecule has 0 aliphatic carbocycles. The van der Waals surface area contributed by atoms with Crippen LogP contribution in [0.4, 0.5) is 0 Å². The summed E-state index contributed by atoms with van der Waals surface area (Å²) in [6.45, 7) is 8.68. The zero-order valence-electron chi connectivity index (χ0n) is 11.4. The van der Waals surface area contributed by atoms with Gasteiger partial charge in [0, 0.05) is 23.3 Å². The van der Waals surface area contributed by atoms with E-state index < -0.39 is 11.4 Å². The average Bonchev–Trinajstić information content (AvgIpc) is 2.74. The highest BCUT2D eigenvalue weighted by atomic mass is 32.2. The van der Waals surface area contributed by atoms with Gasteiger partial charge in [0.2, 0.25) is 0 Å². The summed E-state index contributed by atoms with van der Waals surface area (Å²) in [7, 11) is 0. The molecule has 0 saturated heterocycles. The largest absolute Gasteiger partial charge is 0.598 e. The van der Waals surface area contributed by atoms with Gasteiger partial charge in [-0.3, -0.25) is 0 Å². The van der Waals surface area contributed by atoms with Gasteiger partial charge in [0.1, 0.15) is 10.5 Å². The Morgan fingerprint density at radius 2 is 2.11 bits per heavy atom. The van der Waals surface area contributed by atoms with Crippen LogP contribution in [0.2, 0.25) is 0 Å². The molecule has 1 unspecified atom stereocenters. The first-order chi connectivity index (χ1) is 8.39. The molecule has 100 valence electrons. The molecule has 3 nitrogen and oxygen atoms in total. The fraction of sp³-hybridized carbons (Fsp3) is 0.571. The molecule has 2 atom stereocenters. The molecule has 0 amide bonds. The molecule has 18 heavy (non-hydrogen) atoms. The molecule has 0 radical (unpaired) electrons. The van der Waals surface area contributed by atoms with Gasteiger partial charge in [-0.15, -0.1) is 4.72 Å². The molecule has 1 aliphatic heterocycles. The number of hydrogen-bond acceptors (Lipinski definition) is 3. The summed E-state index contributed by atoms with van der Waals surface area (Å²) < 4.78 is 20.7. The Kier molecular flexibility index (Phi) is 3.90. The molecule has 0 aromatic heterocycles. The minimum atomic E-state index is -1.07. The minimum Gasteiger partial charge on any atom is -0.598 e. The zero-order chi connectivity index (χ0) is 13.3. The first-order valence-electron chi connectivity index (χ1n) is 6.32. The molecule has 4 heteroatoms. The molecule has 0 spiro atoms. The summed E-state index contributed by atoms with van der Waals surface area (Å²) in [5.41, 5.74) is 2.35. The van der Waals surface area contributed by atoms with Crippen molar-refractivity contribution in [1.29, 1.82) is 0 Å². The molecular weight excluding hydrogens is 246 g/mol. The Labute approximate surface area is 112 Å². The van der Waals surface area contributed by atoms with Crippen molar-refractivity contribution >= 4 is 11.4 Å². The van der Waals surface area contributed by atoms with Crippen molar-refractivity contribution in [2.75, 3.05) is 6.61 Å². The maximum atomic E-state index is 12.1. The van der Waals surface area contributed by atoms with Crippen LogP contribution in [-0.4, -0.2) is 15.9 Å². The van der Waals surface area contributed by atoms with Gasteiger partial charge in [-0.1, -0.05) is 18.2 Å². The van der Waals surface area contributed by atoms with E-state index in [0.717, 1.165) is 24.3 Å². The van der Waals surface area contributed by atoms with Gasteiger partial charge in [-0.05, 0) is 33.3 Å². The van der Waals surface area contributed by atoms with Crippen molar-refractivity contribution in [3.8, 4) is 5.75 Å². The second-order valence-corrected chi connectivity index (χ2v) is 7.65. The summed E-state index contributed by atoms with van der Waals surface area (Å²) >= 11 is -1.07. The highest BCUT2D eigenvalue weighted by Crippen LogP contribution is 2.34. The standard InChI is InChI=1S/C14H21NO2S/c1-10(15-18(16)14(2,3)4)12-7-5-6-11-8-9-17-13(11)12/h5-7,10,15H,8-9H2,1-4H3/t10?,18-/m1/s1. The Morgan fingerprint density at radius 1 is 1.39 bits per heavy atom. The van der Waals surface area contributed by atoms with Crippen LogP contribution < -0.4 is 9.46 Å². The minimum absolute atomic E-state index is 0.0260. The summed E-state index contributed by atoms with van der Waals surface area (Å²) in [5.74, 6) is 0.975. The fourth-order valence-electron chi connectivity index (χ4n) is 1.98. The summed E-state index contributed by atoms with van der Waals surface area (Å²) in [4.78, 5) is 0. The Balaban J connectivity index is 2.15. The molecule has 1 N–H and O–H groups in total. The number of fused-ring (bicyclic) bond motifs is 1. The molecule has 1 aliphatic rings. The normalized spacial score (nSPS) is 18.1. The van der Waals surface area contributed by atoms with E-state index in [9.17, 15) is 4.55 Å². The van der Waals surface area contributed by atoms with Gasteiger partial charge in [-0.25, -0.2) is 0 Å². The first-order valence-corrected chi connectivity index (χ1v) is 7.47. The fourth-order valence-corrected chi connectivity index (χ4v) is 2.78. The SMILES string of the molecule is CC(N[S@+]([O-])C(C)(C)C)c1cccc2c1OCC2. The van der Waals surface area contributed by atoms with Crippen molar-refractivity contribution in [2.24, 2.45) is 0 Å². The molecular formula is C14H21NO2S. The van der Waals surface area contributed by atoms with E-state index in [1.54, 1.807) is 0 Å². The number of benzene rings is 1. The lowest BCUT2D eigenvalue weighted by atomic mass is 10.0. The molecule has 2 rings (SSSR count). The summed E-state index contributed by atoms with van der Waals surface area (Å²) in [5, 5.41) is 0. The highest BCUT2D eigenvalue weighted by molar-refractivity contribution is 7.90. The van der Waals surface area contributed by atoms with E-state index in [1.165, 1.54) is 5.56 Å². The van der Waals surface area contributed by atoms with E-state index in [0.29, 0.717) is 0 Å². The van der Waals surface area contributed by atoms with Gasteiger partial charge < -0.3 is 9.29 Å². The number of rotatable bonds is 3. The lowest BCUT2D eigenvalue weighted by molar-refractivity contribution is 0.351. The Morgan fingerprint density at radius 3 is 2.78 bits per heavy atom. The number of hydrogen-bond donors (Lipinski definition) is 1. The van der Waals surface area contributed by atoms with Gasteiger partial charge in [0.15, 0.2) is 0 Å². The van der Waals surface area contributed by atoms with Crippen molar-refractivity contribution in [3.05, 3.63) is 29.3 Å². The van der Waals surface area contributed by atoms with Crippen molar-refractivity contribution in [3.63, 3.8) is 0 Å². The molecule has 0 fully saturated rings. The van der Waals surface area contributed by atoms with Crippen LogP contribution in [0.15, 0.2) is 18.2 Å². The second kappa shape index (κ2) is 5.11. The van der Waals surface area contributed by atoms with Gasteiger partial charge in [0.25, 0.3) is 0 Å². The third-order valence-electron chi connectivity index (χ3n) is 3.05. The summed E-state index contributed by atoms with van der Waals surface area (Å²) in [6, 6.07) is 6.21. The van der Waals surface area contributed by atoms with E-state index in [2.05, 4.69) is 10.8 Å². The first kappa shape index (κ1) is 13.7. The predicted molar refractivity (Wildman–Crippen MR) is 75.1 cm³/mol. The summed E-state index contributed by atoms with van der Waals surface area (Å²) in [6.07, 6.45) is 0.970. The topological polar surface area (TPSA) is 44.3 Å². The third kappa shape index (κ3) is 2.82. The van der Waals surface area contributed by atoms with E-state index >= 15 is 0 Å². The van der Waals surface area contributed by atoms with E-state index in [-0.39, 0.29) is 10.8 Å². The van der Waals surface area contributed by atoms with E-state index in [1.807, 2.05) is 39.8 Å². The van der Waals surface area contributed by atoms with Crippen LogP contribution in [0.25, 0.3) is 0 Å². The smallest absolute Gasteiger partial charge is 0.136 e. The Hall–Kier alpha value is -0.710. The third-order valence-corrected chi connectivity index (χ3v) is 4.73. The van der Waals surface area contributed by atoms with Crippen LogP contribution >= 0.6 is 0 Å². The Bertz CT molecular complexity index is 428. The lowest BCUT2D eigenvalue weighted by Crippen LogP contribution is -2.40.